The van der Waals surface area contributed by atoms with Crippen molar-refractivity contribution >= 4 is 17.2 Å². The summed E-state index contributed by atoms with van der Waals surface area (Å²) < 4.78 is 50.7. The minimum Gasteiger partial charge on any atom is -0.386 e. The number of ketones is 1. The van der Waals surface area contributed by atoms with Gasteiger partial charge >= 0.3 is 57.6 Å². The maximum atomic E-state index is 13.9. The minimum atomic E-state index is -4.30. The molecule has 0 heterocycles. The molecule has 0 aliphatic heterocycles. The Kier molecular flexibility index (Phi) is 14.4. The summed E-state index contributed by atoms with van der Waals surface area (Å²) in [5.74, 6) is -0.722. The third-order valence-electron chi connectivity index (χ3n) is 4.56. The molecule has 0 spiro atoms. The molecule has 172 valence electrons. The maximum absolute atomic E-state index is 13.9. The number of aryl methyl sites for hydroxylation is 1. The second-order valence-corrected chi connectivity index (χ2v) is 8.63. The Morgan fingerprint density at radius 2 is 1.68 bits per heavy atom. The van der Waals surface area contributed by atoms with Crippen molar-refractivity contribution in [3.8, 4) is 0 Å². The van der Waals surface area contributed by atoms with Crippen LogP contribution in [0.15, 0.2) is 17.1 Å². The standard InChI is InChI=1S/C14H19FNO.C9H15F3O.K/c1-6-10(3)16-13-9(2)7-11(8-12(13)15)14(4,5)17;1-4-5-7(13)6-8(2,3)9(10,11)12;/h7-8,17H,1,6H2,2-5H3;4-6H2,1-3H3;/q-1;;+1. The summed E-state index contributed by atoms with van der Waals surface area (Å²) in [6.45, 7) is 14.5. The molecule has 0 bridgehead atoms. The van der Waals surface area contributed by atoms with E-state index in [4.69, 9.17) is 0 Å². The van der Waals surface area contributed by atoms with Gasteiger partial charge in [0.1, 0.15) is 17.3 Å². The van der Waals surface area contributed by atoms with Crippen molar-refractivity contribution in [3.63, 3.8) is 0 Å². The summed E-state index contributed by atoms with van der Waals surface area (Å²) in [6, 6.07) is 3.10. The second kappa shape index (κ2) is 13.6. The molecule has 0 atom stereocenters. The first-order chi connectivity index (χ1) is 13.5. The quantitative estimate of drug-likeness (QED) is 0.283. The number of halogens is 4. The number of Topliss-reactive ketones (excluding diaryl/α,β-unsaturated/α-hetero) is 1. The Morgan fingerprint density at radius 1 is 1.16 bits per heavy atom. The Bertz CT molecular complexity index is 728. The van der Waals surface area contributed by atoms with Crippen LogP contribution in [0.1, 0.15) is 78.4 Å². The summed E-state index contributed by atoms with van der Waals surface area (Å²) in [5, 5.41) is 9.84. The molecule has 0 unspecified atom stereocenters. The zero-order valence-corrected chi connectivity index (χ0v) is 23.1. The van der Waals surface area contributed by atoms with Crippen LogP contribution in [-0.4, -0.2) is 22.8 Å². The van der Waals surface area contributed by atoms with Crippen LogP contribution >= 0.6 is 0 Å². The fraction of sp³-hybridized carbons (Fsp3) is 0.609. The van der Waals surface area contributed by atoms with Gasteiger partial charge in [-0.15, -0.1) is 6.42 Å². The van der Waals surface area contributed by atoms with Gasteiger partial charge in [0.2, 0.25) is 0 Å². The molecular weight excluding hydrogens is 437 g/mol. The van der Waals surface area contributed by atoms with Crippen molar-refractivity contribution in [1.29, 1.82) is 0 Å². The number of aliphatic imine (C=N–C) groups is 1. The first kappa shape index (κ1) is 33.1. The average Bonchev–Trinajstić information content (AvgIpc) is 2.56. The molecule has 1 aromatic rings. The SMILES string of the molecule is CCCC(=O)CC(C)(C)C(F)(F)F.[CH2-]CC(C)=Nc1c(C)cc(C(C)(C)O)cc1F.[K+]. The molecule has 0 amide bonds. The van der Waals surface area contributed by atoms with Crippen LogP contribution < -0.4 is 51.4 Å². The predicted molar refractivity (Wildman–Crippen MR) is 113 cm³/mol. The Labute approximate surface area is 226 Å². The number of hydrogen-bond donors (Lipinski definition) is 1. The molecule has 0 radical (unpaired) electrons. The van der Waals surface area contributed by atoms with Gasteiger partial charge in [-0.1, -0.05) is 26.8 Å². The van der Waals surface area contributed by atoms with Gasteiger partial charge in [-0.05, 0) is 57.0 Å². The molecule has 8 heteroatoms. The van der Waals surface area contributed by atoms with Crippen molar-refractivity contribution in [3.05, 3.63) is 36.0 Å². The van der Waals surface area contributed by atoms with Crippen LogP contribution in [-0.2, 0) is 10.4 Å². The fourth-order valence-corrected chi connectivity index (χ4v) is 2.44. The van der Waals surface area contributed by atoms with Gasteiger partial charge in [-0.25, -0.2) is 4.39 Å². The zero-order valence-electron chi connectivity index (χ0n) is 20.0. The van der Waals surface area contributed by atoms with E-state index in [0.29, 0.717) is 24.1 Å². The van der Waals surface area contributed by atoms with Crippen molar-refractivity contribution < 1.29 is 78.8 Å². The van der Waals surface area contributed by atoms with Gasteiger partial charge in [0.15, 0.2) is 0 Å². The van der Waals surface area contributed by atoms with Gasteiger partial charge < -0.3 is 12.0 Å². The second-order valence-electron chi connectivity index (χ2n) is 8.63. The van der Waals surface area contributed by atoms with E-state index in [1.807, 2.05) is 6.92 Å². The van der Waals surface area contributed by atoms with Gasteiger partial charge in [0, 0.05) is 12.8 Å². The van der Waals surface area contributed by atoms with E-state index in [9.17, 15) is 27.5 Å². The smallest absolute Gasteiger partial charge is 0.386 e. The van der Waals surface area contributed by atoms with Crippen LogP contribution in [0.5, 0.6) is 0 Å². The zero-order chi connectivity index (χ0) is 23.9. The summed E-state index contributed by atoms with van der Waals surface area (Å²) in [6.07, 6.45) is -3.32. The first-order valence-electron chi connectivity index (χ1n) is 9.91. The van der Waals surface area contributed by atoms with E-state index in [0.717, 1.165) is 25.1 Å². The Balaban J connectivity index is 0. The van der Waals surface area contributed by atoms with Crippen molar-refractivity contribution in [2.75, 3.05) is 0 Å². The largest absolute Gasteiger partial charge is 1.00 e. The number of alkyl halides is 3. The number of rotatable bonds is 7. The summed E-state index contributed by atoms with van der Waals surface area (Å²) in [5.41, 5.74) is -0.551. The molecule has 31 heavy (non-hydrogen) atoms. The third-order valence-corrected chi connectivity index (χ3v) is 4.56. The van der Waals surface area contributed by atoms with Crippen molar-refractivity contribution in [2.45, 2.75) is 85.9 Å². The van der Waals surface area contributed by atoms with Gasteiger partial charge in [-0.2, -0.15) is 13.2 Å². The van der Waals surface area contributed by atoms with Crippen molar-refractivity contribution in [1.82, 2.24) is 0 Å². The van der Waals surface area contributed by atoms with E-state index in [2.05, 4.69) is 11.9 Å². The van der Waals surface area contributed by atoms with Crippen LogP contribution in [0.4, 0.5) is 23.2 Å². The van der Waals surface area contributed by atoms with Gasteiger partial charge in [-0.3, -0.25) is 9.79 Å². The number of hydrogen-bond acceptors (Lipinski definition) is 3. The summed E-state index contributed by atoms with van der Waals surface area (Å²) >= 11 is 0. The van der Waals surface area contributed by atoms with Gasteiger partial charge in [0.25, 0.3) is 0 Å². The van der Waals surface area contributed by atoms with Crippen LogP contribution in [0.25, 0.3) is 0 Å². The van der Waals surface area contributed by atoms with Crippen LogP contribution in [0.2, 0.25) is 0 Å². The normalized spacial score (nSPS) is 12.6. The molecular formula is C23H34F4KNO2. The molecule has 0 aromatic heterocycles. The van der Waals surface area contributed by atoms with E-state index in [1.165, 1.54) is 6.07 Å². The Hall–Kier alpha value is -0.124. The van der Waals surface area contributed by atoms with E-state index in [1.54, 1.807) is 33.8 Å². The topological polar surface area (TPSA) is 49.7 Å². The van der Waals surface area contributed by atoms with Crippen LogP contribution in [0, 0.1) is 25.1 Å². The molecule has 0 saturated heterocycles. The first-order valence-corrected chi connectivity index (χ1v) is 9.91. The monoisotopic (exact) mass is 471 g/mol. The van der Waals surface area contributed by atoms with E-state index in [-0.39, 0.29) is 63.6 Å². The molecule has 0 fully saturated rings. The number of aliphatic hydroxyl groups is 1. The number of carbonyl (C=O) groups is 1. The number of nitrogens with zero attached hydrogens (tertiary/aromatic N) is 1. The molecule has 3 nitrogen and oxygen atoms in total. The molecule has 1 N–H and O–H groups in total. The maximum Gasteiger partial charge on any atom is 1.00 e. The molecule has 1 aromatic carbocycles. The Morgan fingerprint density at radius 3 is 2.03 bits per heavy atom. The average molecular weight is 472 g/mol. The summed E-state index contributed by atoms with van der Waals surface area (Å²) in [7, 11) is 0. The molecule has 0 aliphatic carbocycles. The fourth-order valence-electron chi connectivity index (χ4n) is 2.44. The molecule has 0 aliphatic rings. The molecule has 0 saturated carbocycles. The molecule has 1 rings (SSSR count). The van der Waals surface area contributed by atoms with E-state index < -0.39 is 29.4 Å². The van der Waals surface area contributed by atoms with Crippen LogP contribution in [0.3, 0.4) is 0 Å². The van der Waals surface area contributed by atoms with Crippen molar-refractivity contribution in [2.24, 2.45) is 10.4 Å². The van der Waals surface area contributed by atoms with Gasteiger partial charge in [0.05, 0.1) is 11.0 Å². The predicted octanol–water partition coefficient (Wildman–Crippen LogP) is 4.02. The minimum absolute atomic E-state index is 0. The van der Waals surface area contributed by atoms with E-state index >= 15 is 0 Å². The third kappa shape index (κ3) is 11.5. The number of benzene rings is 1. The summed E-state index contributed by atoms with van der Waals surface area (Å²) in [4.78, 5) is 15.2. The number of carbonyl (C=O) groups excluding carboxylic acids is 1.